The van der Waals surface area contributed by atoms with Crippen molar-refractivity contribution in [2.45, 2.75) is 0 Å². The summed E-state index contributed by atoms with van der Waals surface area (Å²) in [6.45, 7) is 0. The van der Waals surface area contributed by atoms with Crippen LogP contribution in [0.25, 0.3) is 9.51 Å². The van der Waals surface area contributed by atoms with E-state index in [1.54, 1.807) is 0 Å². The Balaban J connectivity index is 1.96. The first-order valence-electron chi connectivity index (χ1n) is 17.9. The van der Waals surface area contributed by atoms with Crippen LogP contribution in [-0.4, -0.2) is 12.6 Å². The largest absolute Gasteiger partial charge is 0.434 e. The molecule has 0 saturated heterocycles. The summed E-state index contributed by atoms with van der Waals surface area (Å²) in [6.07, 6.45) is -13.3. The van der Waals surface area contributed by atoms with Crippen molar-refractivity contribution in [3.8, 4) is 12.4 Å². The molecule has 0 unspecified atom stereocenters. The van der Waals surface area contributed by atoms with Crippen LogP contribution in [0.5, 0.6) is 0 Å². The topological polar surface area (TPSA) is 20.8 Å². The number of nitrogens with one attached hydrogen (secondary N) is 1. The van der Waals surface area contributed by atoms with Gasteiger partial charge in [-0.1, -0.05) is 32.8 Å². The molecule has 6 aromatic carbocycles. The first-order valence-corrected chi connectivity index (χ1v) is 17.9. The molecular weight excluding hydrogens is 1090 g/mol. The Bertz CT molecular complexity index is 2860. The summed E-state index contributed by atoms with van der Waals surface area (Å²) in [5.41, 5.74) is -21.4. The molecule has 0 aliphatic carbocycles. The van der Waals surface area contributed by atoms with Gasteiger partial charge in [-0.05, 0) is 0 Å². The predicted molar refractivity (Wildman–Crippen MR) is 184 cm³/mol. The Morgan fingerprint density at radius 1 is 0.178 bits per heavy atom. The summed E-state index contributed by atoms with van der Waals surface area (Å²) in [7, 11) is 0. The van der Waals surface area contributed by atoms with Crippen molar-refractivity contribution >= 4 is 45.3 Å². The van der Waals surface area contributed by atoms with Crippen LogP contribution in [0.15, 0.2) is 0 Å². The van der Waals surface area contributed by atoms with Gasteiger partial charge in [-0.25, -0.2) is 132 Å². The van der Waals surface area contributed by atoms with E-state index >= 15 is 52.7 Å². The van der Waals surface area contributed by atoms with Crippen molar-refractivity contribution in [1.29, 1.82) is 0 Å². The maximum absolute atomic E-state index is 15.8. The van der Waals surface area contributed by atoms with Gasteiger partial charge in [0.15, 0.2) is 105 Å². The van der Waals surface area contributed by atoms with Gasteiger partial charge >= 0.3 is 24.9 Å². The Labute approximate surface area is 379 Å². The molecule has 6 rings (SSSR count). The Morgan fingerprint density at radius 2 is 0.274 bits per heavy atom. The molecular formula is C38HB2F30N3. The van der Waals surface area contributed by atoms with Crippen LogP contribution in [0.2, 0.25) is 0 Å². The van der Waals surface area contributed by atoms with Crippen LogP contribution < -0.4 is 38.1 Å². The third-order valence-electron chi connectivity index (χ3n) is 10.6. The second-order valence-electron chi connectivity index (χ2n) is 14.1. The van der Waals surface area contributed by atoms with Crippen molar-refractivity contribution in [3.63, 3.8) is 0 Å². The number of hydrogen-bond acceptors (Lipinski definition) is 1. The summed E-state index contributed by atoms with van der Waals surface area (Å²) < 4.78 is 459. The van der Waals surface area contributed by atoms with Gasteiger partial charge in [-0.15, -0.1) is 5.32 Å². The maximum atomic E-state index is 15.8. The zero-order valence-electron chi connectivity index (χ0n) is 32.9. The third-order valence-corrected chi connectivity index (χ3v) is 10.6. The van der Waals surface area contributed by atoms with Crippen molar-refractivity contribution in [1.82, 2.24) is 5.32 Å². The quantitative estimate of drug-likeness (QED) is 0.0443. The van der Waals surface area contributed by atoms with Gasteiger partial charge in [-0.3, -0.25) is 0 Å². The van der Waals surface area contributed by atoms with Crippen LogP contribution >= 0.6 is 0 Å². The van der Waals surface area contributed by atoms with Crippen LogP contribution in [-0.2, 0) is 0 Å². The molecule has 0 saturated carbocycles. The van der Waals surface area contributed by atoms with Crippen LogP contribution in [0.3, 0.4) is 0 Å². The van der Waals surface area contributed by atoms with Gasteiger partial charge in [0.2, 0.25) is 0 Å². The molecule has 35 heteroatoms. The van der Waals surface area contributed by atoms with E-state index in [-0.39, 0.29) is 0 Å². The van der Waals surface area contributed by atoms with Gasteiger partial charge in [0, 0.05) is 0 Å². The smallest absolute Gasteiger partial charge is 0.387 e. The van der Waals surface area contributed by atoms with E-state index < -0.39 is 220 Å². The van der Waals surface area contributed by atoms with Gasteiger partial charge in [-0.2, -0.15) is 0 Å². The van der Waals surface area contributed by atoms with E-state index in [2.05, 4.69) is 9.51 Å². The standard InChI is InChI=1S/C38HB2F30N3/c41-9-3(10(42)22(54)33(65)21(9)53)39(4-11(43)23(55)34(66)24(56)12(4)44,5-13(45)25(57)35(67)26(58)14(5)46)72-1-71-2-73-40(6-15(47)27(59)36(68)28(60)16(6)48,7-17(49)29(61)37(69)30(62)18(7)50)8-19(51)31(63)38(70)32(64)20(8)52/h71H. The number of hydrogen-bond donors (Lipinski definition) is 1. The summed E-state index contributed by atoms with van der Waals surface area (Å²) in [5, 5.41) is 0.551. The summed E-state index contributed by atoms with van der Waals surface area (Å²) in [4.78, 5) is 0. The molecule has 73 heavy (non-hydrogen) atoms. The van der Waals surface area contributed by atoms with E-state index in [0.717, 1.165) is 0 Å². The average Bonchev–Trinajstić information content (AvgIpc) is 3.35. The van der Waals surface area contributed by atoms with Gasteiger partial charge < -0.3 is 9.51 Å². The highest BCUT2D eigenvalue weighted by molar-refractivity contribution is 7.14. The molecule has 6 aromatic rings. The molecule has 0 amide bonds. The Morgan fingerprint density at radius 3 is 0.384 bits per heavy atom. The van der Waals surface area contributed by atoms with Gasteiger partial charge in [0.1, 0.15) is 69.8 Å². The minimum atomic E-state index is -7.09. The normalized spacial score (nSPS) is 11.8. The molecule has 0 spiro atoms. The molecule has 0 fully saturated rings. The average molecular weight is 1090 g/mol. The molecule has 0 aliphatic heterocycles. The highest BCUT2D eigenvalue weighted by atomic mass is 19.2. The molecule has 0 radical (unpaired) electrons. The SMILES string of the molecule is Fc1c(F)c(F)c([B-]([N+]#CNC#[N+][B-](c2c(F)c(F)c(F)c(F)c2F)(c2c(F)c(F)c(F)c(F)c2F)c2c(F)c(F)c(F)c(F)c2F)(c2c(F)c(F)c(F)c(F)c2F)c2c(F)c(F)c(F)c(F)c2F)c(F)c1F. The monoisotopic (exact) mass is 1090 g/mol. The molecule has 0 aliphatic rings. The Kier molecular flexibility index (Phi) is 13.9. The lowest BCUT2D eigenvalue weighted by atomic mass is 9.24. The fourth-order valence-electron chi connectivity index (χ4n) is 7.47. The van der Waals surface area contributed by atoms with Crippen LogP contribution in [0.1, 0.15) is 0 Å². The number of rotatable bonds is 6. The van der Waals surface area contributed by atoms with E-state index in [1.165, 1.54) is 0 Å². The highest BCUT2D eigenvalue weighted by Gasteiger charge is 2.56. The zero-order valence-corrected chi connectivity index (χ0v) is 32.9. The molecule has 384 valence electrons. The first kappa shape index (κ1) is 54.5. The number of benzene rings is 6. The van der Waals surface area contributed by atoms with Gasteiger partial charge in [0.25, 0.3) is 0 Å². The van der Waals surface area contributed by atoms with E-state index in [9.17, 15) is 79.0 Å². The molecule has 0 atom stereocenters. The lowest BCUT2D eigenvalue weighted by molar-refractivity contribution is 0.379. The summed E-state index contributed by atoms with van der Waals surface area (Å²) in [6, 6.07) is 0. The van der Waals surface area contributed by atoms with E-state index in [1.807, 2.05) is 0 Å². The Hall–Kier alpha value is -7.87. The predicted octanol–water partition coefficient (Wildman–Crippen LogP) is 8.66. The van der Waals surface area contributed by atoms with Crippen molar-refractivity contribution < 1.29 is 132 Å². The van der Waals surface area contributed by atoms with Crippen LogP contribution in [0, 0.1) is 187 Å². The molecule has 0 heterocycles. The number of nitrogens with zero attached hydrogens (tertiary/aromatic N) is 2. The number of halogens is 30. The molecule has 0 bridgehead atoms. The van der Waals surface area contributed by atoms with E-state index in [0.29, 0.717) is 17.7 Å². The summed E-state index contributed by atoms with van der Waals surface area (Å²) >= 11 is 0. The fraction of sp³-hybridized carbons (Fsp3) is 0. The van der Waals surface area contributed by atoms with Gasteiger partial charge in [0.05, 0.1) is 0 Å². The lowest BCUT2D eigenvalue weighted by Crippen LogP contribution is -2.71. The van der Waals surface area contributed by atoms with Crippen LogP contribution in [0.4, 0.5) is 132 Å². The van der Waals surface area contributed by atoms with Crippen molar-refractivity contribution in [2.24, 2.45) is 0 Å². The molecule has 1 N–H and O–H groups in total. The van der Waals surface area contributed by atoms with Crippen molar-refractivity contribution in [2.75, 3.05) is 0 Å². The fourth-order valence-corrected chi connectivity index (χ4v) is 7.47. The highest BCUT2D eigenvalue weighted by Crippen LogP contribution is 2.31. The minimum Gasteiger partial charge on any atom is -0.434 e. The van der Waals surface area contributed by atoms with E-state index in [4.69, 9.17) is 0 Å². The maximum Gasteiger partial charge on any atom is 0.387 e. The molecule has 3 nitrogen and oxygen atoms in total. The third kappa shape index (κ3) is 7.46. The molecule has 0 aromatic heterocycles. The second-order valence-corrected chi connectivity index (χ2v) is 14.1. The minimum absolute atomic E-state index is 0.461. The first-order chi connectivity index (χ1) is 33.8. The second kappa shape index (κ2) is 18.6. The summed E-state index contributed by atoms with van der Waals surface area (Å²) in [5.74, 6) is -109. The van der Waals surface area contributed by atoms with Crippen molar-refractivity contribution in [3.05, 3.63) is 184 Å². The lowest BCUT2D eigenvalue weighted by Gasteiger charge is -2.33. The zero-order chi connectivity index (χ0) is 55.3.